The van der Waals surface area contributed by atoms with Crippen LogP contribution in [0.5, 0.6) is 0 Å². The molecule has 0 radical (unpaired) electrons. The van der Waals surface area contributed by atoms with Crippen molar-refractivity contribution in [3.05, 3.63) is 0 Å². The smallest absolute Gasteiger partial charge is 0.0321 e. The lowest BCUT2D eigenvalue weighted by Gasteiger charge is -2.42. The van der Waals surface area contributed by atoms with Gasteiger partial charge in [-0.25, -0.2) is 0 Å². The van der Waals surface area contributed by atoms with Gasteiger partial charge in [0, 0.05) is 0 Å². The molecule has 1 saturated carbocycles. The van der Waals surface area contributed by atoms with Crippen LogP contribution in [0.1, 0.15) is 80.1 Å². The lowest BCUT2D eigenvalue weighted by Crippen LogP contribution is -2.32. The second-order valence-corrected chi connectivity index (χ2v) is 7.85. The minimum Gasteiger partial charge on any atom is -0.0651 e. The van der Waals surface area contributed by atoms with Gasteiger partial charge in [0.15, 0.2) is 0 Å². The van der Waals surface area contributed by atoms with Gasteiger partial charge in [0.25, 0.3) is 0 Å². The quantitative estimate of drug-likeness (QED) is 0.580. The Morgan fingerprint density at radius 3 is 1.75 bits per heavy atom. The summed E-state index contributed by atoms with van der Waals surface area (Å²) < 4.78 is 0. The Morgan fingerprint density at radius 2 is 1.38 bits per heavy atom. The zero-order valence-electron chi connectivity index (χ0n) is 12.4. The molecule has 1 aliphatic carbocycles. The van der Waals surface area contributed by atoms with Gasteiger partial charge < -0.3 is 0 Å². The monoisotopic (exact) mass is 224 g/mol. The third-order valence-electron chi connectivity index (χ3n) is 4.52. The van der Waals surface area contributed by atoms with Crippen LogP contribution < -0.4 is 0 Å². The van der Waals surface area contributed by atoms with Crippen LogP contribution >= 0.6 is 0 Å². The molecule has 0 atom stereocenters. The van der Waals surface area contributed by atoms with Gasteiger partial charge >= 0.3 is 0 Å². The summed E-state index contributed by atoms with van der Waals surface area (Å²) >= 11 is 0. The van der Waals surface area contributed by atoms with E-state index in [2.05, 4.69) is 41.5 Å². The summed E-state index contributed by atoms with van der Waals surface area (Å²) in [5.41, 5.74) is 1.02. The highest BCUT2D eigenvalue weighted by molar-refractivity contribution is 4.86. The fourth-order valence-electron chi connectivity index (χ4n) is 3.86. The first-order valence-electron chi connectivity index (χ1n) is 7.24. The Hall–Kier alpha value is 0. The first-order chi connectivity index (χ1) is 7.24. The Labute approximate surface area is 103 Å². The third-order valence-corrected chi connectivity index (χ3v) is 4.52. The second-order valence-electron chi connectivity index (χ2n) is 7.85. The lowest BCUT2D eigenvalue weighted by atomic mass is 9.63. The Balaban J connectivity index is 2.51. The molecule has 0 spiro atoms. The molecule has 0 bridgehead atoms. The lowest BCUT2D eigenvalue weighted by molar-refractivity contribution is 0.0845. The number of rotatable bonds is 3. The van der Waals surface area contributed by atoms with Crippen molar-refractivity contribution < 1.29 is 0 Å². The molecular formula is C16H32. The summed E-state index contributed by atoms with van der Waals surface area (Å²) in [5.74, 6) is 2.00. The predicted octanol–water partition coefficient (Wildman–Crippen LogP) is 5.67. The minimum atomic E-state index is 0.477. The number of hydrogen-bond acceptors (Lipinski definition) is 0. The zero-order valence-corrected chi connectivity index (χ0v) is 12.4. The molecule has 0 saturated heterocycles. The molecule has 0 aromatic rings. The summed E-state index contributed by atoms with van der Waals surface area (Å²) in [7, 11) is 0. The molecule has 0 aromatic carbocycles. The number of hydrogen-bond donors (Lipinski definition) is 0. The van der Waals surface area contributed by atoms with Crippen molar-refractivity contribution in [2.24, 2.45) is 22.7 Å². The van der Waals surface area contributed by atoms with Crippen LogP contribution in [0.4, 0.5) is 0 Å². The first-order valence-corrected chi connectivity index (χ1v) is 7.24. The van der Waals surface area contributed by atoms with Gasteiger partial charge in [0.2, 0.25) is 0 Å². The van der Waals surface area contributed by atoms with E-state index in [0.29, 0.717) is 10.8 Å². The van der Waals surface area contributed by atoms with Gasteiger partial charge in [-0.3, -0.25) is 0 Å². The molecule has 0 aliphatic heterocycles. The molecular weight excluding hydrogens is 192 g/mol. The summed E-state index contributed by atoms with van der Waals surface area (Å²) in [6.45, 7) is 14.5. The van der Waals surface area contributed by atoms with Gasteiger partial charge in [-0.1, -0.05) is 60.8 Å². The molecule has 1 aliphatic rings. The molecule has 96 valence electrons. The Bertz CT molecular complexity index is 199. The fourth-order valence-corrected chi connectivity index (χ4v) is 3.86. The highest BCUT2D eigenvalue weighted by atomic mass is 14.4. The van der Waals surface area contributed by atoms with E-state index in [0.717, 1.165) is 11.8 Å². The summed E-state index contributed by atoms with van der Waals surface area (Å²) in [6, 6.07) is 0. The van der Waals surface area contributed by atoms with E-state index in [1.807, 2.05) is 0 Å². The van der Waals surface area contributed by atoms with E-state index in [-0.39, 0.29) is 0 Å². The minimum absolute atomic E-state index is 0.477. The molecule has 16 heavy (non-hydrogen) atoms. The maximum atomic E-state index is 2.50. The Kier molecular flexibility index (Phi) is 4.49. The van der Waals surface area contributed by atoms with E-state index in [9.17, 15) is 0 Å². The van der Waals surface area contributed by atoms with Crippen molar-refractivity contribution in [3.8, 4) is 0 Å². The van der Waals surface area contributed by atoms with Gasteiger partial charge in [0.1, 0.15) is 0 Å². The van der Waals surface area contributed by atoms with Crippen molar-refractivity contribution in [2.75, 3.05) is 0 Å². The fraction of sp³-hybridized carbons (Fsp3) is 1.00. The van der Waals surface area contributed by atoms with Gasteiger partial charge in [-0.2, -0.15) is 0 Å². The standard InChI is InChI=1S/C16H32/c1-7-13-8-10-14(11-9-13)16(5,6)12-15(2,3)4/h13-14H,7-12H2,1-6H3. The summed E-state index contributed by atoms with van der Waals surface area (Å²) in [5, 5.41) is 0. The molecule has 0 amide bonds. The molecule has 1 rings (SSSR count). The maximum absolute atomic E-state index is 2.50. The molecule has 1 fully saturated rings. The molecule has 0 heterocycles. The van der Waals surface area contributed by atoms with Crippen molar-refractivity contribution >= 4 is 0 Å². The average molecular weight is 224 g/mol. The molecule has 0 heteroatoms. The van der Waals surface area contributed by atoms with Crippen LogP contribution in [0.15, 0.2) is 0 Å². The van der Waals surface area contributed by atoms with Gasteiger partial charge in [-0.15, -0.1) is 0 Å². The SMILES string of the molecule is CCC1CCC(C(C)(C)CC(C)(C)C)CC1. The van der Waals surface area contributed by atoms with Crippen molar-refractivity contribution in [3.63, 3.8) is 0 Å². The maximum Gasteiger partial charge on any atom is -0.0321 e. The van der Waals surface area contributed by atoms with E-state index >= 15 is 0 Å². The van der Waals surface area contributed by atoms with Crippen LogP contribution in [0.25, 0.3) is 0 Å². The molecule has 0 nitrogen and oxygen atoms in total. The van der Waals surface area contributed by atoms with Crippen LogP contribution in [-0.4, -0.2) is 0 Å². The normalized spacial score (nSPS) is 28.1. The third kappa shape index (κ3) is 4.11. The molecule has 0 aromatic heterocycles. The van der Waals surface area contributed by atoms with E-state index < -0.39 is 0 Å². The highest BCUT2D eigenvalue weighted by Crippen LogP contribution is 2.46. The van der Waals surface area contributed by atoms with Crippen molar-refractivity contribution in [1.29, 1.82) is 0 Å². The van der Waals surface area contributed by atoms with Crippen molar-refractivity contribution in [2.45, 2.75) is 80.1 Å². The van der Waals surface area contributed by atoms with Crippen molar-refractivity contribution in [1.82, 2.24) is 0 Å². The largest absolute Gasteiger partial charge is 0.0651 e. The van der Waals surface area contributed by atoms with Gasteiger partial charge in [-0.05, 0) is 41.9 Å². The summed E-state index contributed by atoms with van der Waals surface area (Å²) in [4.78, 5) is 0. The Morgan fingerprint density at radius 1 is 0.875 bits per heavy atom. The topological polar surface area (TPSA) is 0 Å². The molecule has 0 unspecified atom stereocenters. The second kappa shape index (κ2) is 5.10. The zero-order chi connectivity index (χ0) is 12.4. The average Bonchev–Trinajstić information content (AvgIpc) is 2.14. The highest BCUT2D eigenvalue weighted by Gasteiger charge is 2.35. The summed E-state index contributed by atoms with van der Waals surface area (Å²) in [6.07, 6.45) is 8.67. The van der Waals surface area contributed by atoms with E-state index in [4.69, 9.17) is 0 Å². The van der Waals surface area contributed by atoms with Crippen LogP contribution in [0, 0.1) is 22.7 Å². The van der Waals surface area contributed by atoms with Crippen LogP contribution in [-0.2, 0) is 0 Å². The van der Waals surface area contributed by atoms with Gasteiger partial charge in [0.05, 0.1) is 0 Å². The van der Waals surface area contributed by atoms with Crippen LogP contribution in [0.2, 0.25) is 0 Å². The van der Waals surface area contributed by atoms with E-state index in [1.54, 1.807) is 0 Å². The molecule has 0 N–H and O–H groups in total. The first kappa shape index (κ1) is 14.1. The van der Waals surface area contributed by atoms with Crippen LogP contribution in [0.3, 0.4) is 0 Å². The van der Waals surface area contributed by atoms with E-state index in [1.165, 1.54) is 38.5 Å². The predicted molar refractivity (Wildman–Crippen MR) is 73.6 cm³/mol.